The van der Waals surface area contributed by atoms with Gasteiger partial charge < -0.3 is 15.5 Å². The topological polar surface area (TPSA) is 116 Å². The number of carbonyl (C=O) groups excluding carboxylic acids is 1. The summed E-state index contributed by atoms with van der Waals surface area (Å²) in [4.78, 5) is 35.3. The lowest BCUT2D eigenvalue weighted by molar-refractivity contribution is -0.134. The summed E-state index contributed by atoms with van der Waals surface area (Å²) in [6.07, 6.45) is 4.40. The molecule has 7 nitrogen and oxygen atoms in total. The molecule has 0 spiro atoms. The van der Waals surface area contributed by atoms with Crippen LogP contribution in [0.15, 0.2) is 17.1 Å². The lowest BCUT2D eigenvalue weighted by Gasteiger charge is -2.41. The van der Waals surface area contributed by atoms with Crippen molar-refractivity contribution in [2.75, 3.05) is 13.1 Å². The number of aliphatic imine (C=N–C) groups is 1. The van der Waals surface area contributed by atoms with E-state index in [0.717, 1.165) is 37.1 Å². The fourth-order valence-electron chi connectivity index (χ4n) is 4.23. The number of carbonyl (C=O) groups is 3. The molecule has 0 aromatic carbocycles. The number of nitrogens with zero attached hydrogens (tertiary/aromatic N) is 1. The van der Waals surface area contributed by atoms with E-state index in [1.54, 1.807) is 6.92 Å². The molecule has 5 unspecified atom stereocenters. The summed E-state index contributed by atoms with van der Waals surface area (Å²) >= 11 is 0. The van der Waals surface area contributed by atoms with Gasteiger partial charge in [-0.1, -0.05) is 6.92 Å². The number of carboxylic acid groups (broad SMARTS) is 2. The van der Waals surface area contributed by atoms with Crippen LogP contribution < -0.4 is 5.32 Å². The third kappa shape index (κ3) is 4.98. The second kappa shape index (κ2) is 8.38. The zero-order valence-electron chi connectivity index (χ0n) is 14.6. The largest absolute Gasteiger partial charge is 0.478 e. The molecule has 1 saturated heterocycles. The summed E-state index contributed by atoms with van der Waals surface area (Å²) in [6.45, 7) is 6.40. The summed E-state index contributed by atoms with van der Waals surface area (Å²) in [7, 11) is 0. The van der Waals surface area contributed by atoms with Crippen LogP contribution in [0.2, 0.25) is 0 Å². The first kappa shape index (κ1) is 19.3. The monoisotopic (exact) mass is 350 g/mol. The van der Waals surface area contributed by atoms with Gasteiger partial charge in [0.15, 0.2) is 5.78 Å². The Kier molecular flexibility index (Phi) is 6.47. The minimum absolute atomic E-state index is 0.0284. The fraction of sp³-hybridized carbons (Fsp3) is 0.667. The van der Waals surface area contributed by atoms with Crippen LogP contribution in [0.5, 0.6) is 0 Å². The van der Waals surface area contributed by atoms with Crippen LogP contribution in [-0.4, -0.2) is 52.8 Å². The summed E-state index contributed by atoms with van der Waals surface area (Å²) in [5, 5.41) is 19.1. The SMILES string of the molecule is CC(=O)C1CCC2C(=N1)CC1CNCC1C2C.O=C(O)/C=C\C(=O)O. The zero-order chi connectivity index (χ0) is 18.6. The van der Waals surface area contributed by atoms with Gasteiger partial charge in [0.1, 0.15) is 6.04 Å². The minimum Gasteiger partial charge on any atom is -0.478 e. The van der Waals surface area contributed by atoms with E-state index in [2.05, 4.69) is 12.2 Å². The average Bonchev–Trinajstić information content (AvgIpc) is 3.02. The first-order chi connectivity index (χ1) is 11.8. The molecule has 3 N–H and O–H groups in total. The number of Topliss-reactive ketones (excluding diaryl/α,β-unsaturated/α-hetero) is 1. The van der Waals surface area contributed by atoms with Crippen LogP contribution in [0.4, 0.5) is 0 Å². The molecule has 2 heterocycles. The van der Waals surface area contributed by atoms with Gasteiger partial charge in [-0.25, -0.2) is 9.59 Å². The van der Waals surface area contributed by atoms with Crippen molar-refractivity contribution in [3.63, 3.8) is 0 Å². The first-order valence-electron chi connectivity index (χ1n) is 8.71. The van der Waals surface area contributed by atoms with Crippen molar-refractivity contribution in [2.45, 2.75) is 39.2 Å². The fourth-order valence-corrected chi connectivity index (χ4v) is 4.23. The van der Waals surface area contributed by atoms with Crippen LogP contribution >= 0.6 is 0 Å². The van der Waals surface area contributed by atoms with E-state index in [9.17, 15) is 14.4 Å². The van der Waals surface area contributed by atoms with E-state index < -0.39 is 11.9 Å². The van der Waals surface area contributed by atoms with E-state index in [0.29, 0.717) is 18.1 Å². The van der Waals surface area contributed by atoms with Gasteiger partial charge >= 0.3 is 11.9 Å². The summed E-state index contributed by atoms with van der Waals surface area (Å²) < 4.78 is 0. The maximum Gasteiger partial charge on any atom is 0.328 e. The molecule has 3 rings (SSSR count). The molecule has 7 heteroatoms. The van der Waals surface area contributed by atoms with Crippen molar-refractivity contribution in [3.8, 4) is 0 Å². The Balaban J connectivity index is 0.000000242. The van der Waals surface area contributed by atoms with Gasteiger partial charge in [-0.2, -0.15) is 0 Å². The van der Waals surface area contributed by atoms with Crippen LogP contribution in [0.3, 0.4) is 0 Å². The molecule has 138 valence electrons. The molecule has 2 aliphatic heterocycles. The molecule has 0 bridgehead atoms. The first-order valence-corrected chi connectivity index (χ1v) is 8.71. The molecule has 1 saturated carbocycles. The van der Waals surface area contributed by atoms with Crippen molar-refractivity contribution in [1.29, 1.82) is 0 Å². The summed E-state index contributed by atoms with van der Waals surface area (Å²) in [5.74, 6) is 0.746. The van der Waals surface area contributed by atoms with Crippen molar-refractivity contribution in [3.05, 3.63) is 12.2 Å². The Labute approximate surface area is 147 Å². The maximum absolute atomic E-state index is 11.5. The Bertz CT molecular complexity index is 582. The highest BCUT2D eigenvalue weighted by atomic mass is 16.4. The third-order valence-corrected chi connectivity index (χ3v) is 5.51. The molecule has 1 aliphatic carbocycles. The number of rotatable bonds is 3. The van der Waals surface area contributed by atoms with Crippen LogP contribution in [0, 0.1) is 23.7 Å². The van der Waals surface area contributed by atoms with E-state index in [1.807, 2.05) is 0 Å². The van der Waals surface area contributed by atoms with Crippen LogP contribution in [0.1, 0.15) is 33.1 Å². The van der Waals surface area contributed by atoms with Gasteiger partial charge in [-0.05, 0) is 62.9 Å². The standard InChI is InChI=1S/C14H22N2O.C4H4O4/c1-8-11-3-4-13(9(2)17)16-14(11)5-10-6-15-7-12(8)10;5-3(6)1-2-4(7)8/h8,10-13,15H,3-7H2,1-2H3;1-2H,(H,5,6)(H,7,8)/b;2-1-. The smallest absolute Gasteiger partial charge is 0.328 e. The predicted molar refractivity (Wildman–Crippen MR) is 92.7 cm³/mol. The van der Waals surface area contributed by atoms with E-state index in [1.165, 1.54) is 18.7 Å². The molecule has 0 aromatic rings. The summed E-state index contributed by atoms with van der Waals surface area (Å²) in [5.41, 5.74) is 1.36. The lowest BCUT2D eigenvalue weighted by Crippen LogP contribution is -2.42. The Hall–Kier alpha value is -2.02. The quantitative estimate of drug-likeness (QED) is 0.662. The van der Waals surface area contributed by atoms with Crippen molar-refractivity contribution in [2.24, 2.45) is 28.7 Å². The molecule has 0 amide bonds. The molecule has 3 aliphatic rings. The second-order valence-corrected chi connectivity index (χ2v) is 7.09. The highest BCUT2D eigenvalue weighted by molar-refractivity contribution is 5.93. The molecular weight excluding hydrogens is 324 g/mol. The number of hydrogen-bond donors (Lipinski definition) is 3. The number of carboxylic acids is 2. The Morgan fingerprint density at radius 3 is 2.32 bits per heavy atom. The summed E-state index contributed by atoms with van der Waals surface area (Å²) in [6, 6.07) is -0.0284. The van der Waals surface area contributed by atoms with E-state index in [4.69, 9.17) is 15.2 Å². The van der Waals surface area contributed by atoms with Gasteiger partial charge in [-0.15, -0.1) is 0 Å². The number of hydrogen-bond acceptors (Lipinski definition) is 5. The molecule has 0 radical (unpaired) electrons. The predicted octanol–water partition coefficient (Wildman–Crippen LogP) is 1.38. The number of nitrogens with one attached hydrogen (secondary N) is 1. The van der Waals surface area contributed by atoms with Gasteiger partial charge in [0.2, 0.25) is 0 Å². The van der Waals surface area contributed by atoms with Gasteiger partial charge in [-0.3, -0.25) is 9.79 Å². The van der Waals surface area contributed by atoms with Crippen molar-refractivity contribution >= 4 is 23.4 Å². The van der Waals surface area contributed by atoms with E-state index in [-0.39, 0.29) is 11.8 Å². The average molecular weight is 350 g/mol. The Morgan fingerprint density at radius 2 is 1.76 bits per heavy atom. The molecule has 2 fully saturated rings. The number of aliphatic carboxylic acids is 2. The zero-order valence-corrected chi connectivity index (χ0v) is 14.6. The Morgan fingerprint density at radius 1 is 1.12 bits per heavy atom. The molecule has 0 aromatic heterocycles. The van der Waals surface area contributed by atoms with Crippen LogP contribution in [0.25, 0.3) is 0 Å². The third-order valence-electron chi connectivity index (χ3n) is 5.51. The van der Waals surface area contributed by atoms with Gasteiger partial charge in [0, 0.05) is 17.9 Å². The second-order valence-electron chi connectivity index (χ2n) is 7.09. The molecule has 25 heavy (non-hydrogen) atoms. The normalized spacial score (nSPS) is 33.5. The lowest BCUT2D eigenvalue weighted by atomic mass is 9.65. The highest BCUT2D eigenvalue weighted by Crippen LogP contribution is 2.43. The number of ketones is 1. The van der Waals surface area contributed by atoms with Crippen LogP contribution in [-0.2, 0) is 14.4 Å². The molecule has 5 atom stereocenters. The van der Waals surface area contributed by atoms with Crippen molar-refractivity contribution < 1.29 is 24.6 Å². The van der Waals surface area contributed by atoms with E-state index >= 15 is 0 Å². The van der Waals surface area contributed by atoms with Gasteiger partial charge in [0.05, 0.1) is 0 Å². The maximum atomic E-state index is 11.5. The minimum atomic E-state index is -1.26. The molecular formula is C18H26N2O5. The van der Waals surface area contributed by atoms with Crippen molar-refractivity contribution in [1.82, 2.24) is 5.32 Å². The number of fused-ring (bicyclic) bond motifs is 2. The van der Waals surface area contributed by atoms with Gasteiger partial charge in [0.25, 0.3) is 0 Å². The highest BCUT2D eigenvalue weighted by Gasteiger charge is 2.44.